The van der Waals surface area contributed by atoms with Gasteiger partial charge in [0.2, 0.25) is 0 Å². The molecule has 0 aliphatic heterocycles. The fourth-order valence-corrected chi connectivity index (χ4v) is 9.85. The molecule has 0 N–H and O–H groups in total. The highest BCUT2D eigenvalue weighted by atomic mass is 16.6. The lowest BCUT2D eigenvalue weighted by atomic mass is 10.0. The van der Waals surface area contributed by atoms with Gasteiger partial charge in [-0.3, -0.25) is 14.4 Å². The molecule has 6 heteroatoms. The highest BCUT2D eigenvalue weighted by molar-refractivity contribution is 5.71. The van der Waals surface area contributed by atoms with E-state index in [2.05, 4.69) is 45.1 Å². The Morgan fingerprint density at radius 1 is 0.278 bits per heavy atom. The van der Waals surface area contributed by atoms with Gasteiger partial charge in [0.05, 0.1) is 0 Å². The highest BCUT2D eigenvalue weighted by Gasteiger charge is 2.19. The summed E-state index contributed by atoms with van der Waals surface area (Å²) in [5.41, 5.74) is 0. The van der Waals surface area contributed by atoms with Crippen molar-refractivity contribution in [1.29, 1.82) is 0 Å². The number of allylic oxidation sites excluding steroid dienone is 4. The third-order valence-electron chi connectivity index (χ3n) is 14.7. The quantitative estimate of drug-likeness (QED) is 0.0261. The zero-order valence-corrected chi connectivity index (χ0v) is 48.7. The molecule has 0 amide bonds. The number of esters is 3. The zero-order valence-electron chi connectivity index (χ0n) is 48.7. The SMILES string of the molecule is CCCCCCCCC/C=C\C=C/CCCCCCCC(=O)OC(COC(=O)CCCCCCCCCCCCCCCCCCC)COC(=O)CCCCCCCCCCCCCCCCCCCCC. The molecule has 424 valence electrons. The van der Waals surface area contributed by atoms with E-state index in [1.165, 1.54) is 244 Å². The van der Waals surface area contributed by atoms with Crippen molar-refractivity contribution in [3.63, 3.8) is 0 Å². The summed E-state index contributed by atoms with van der Waals surface area (Å²) in [5.74, 6) is -0.857. The van der Waals surface area contributed by atoms with E-state index in [4.69, 9.17) is 14.2 Å². The van der Waals surface area contributed by atoms with E-state index in [0.29, 0.717) is 19.3 Å². The van der Waals surface area contributed by atoms with Crippen molar-refractivity contribution < 1.29 is 28.6 Å². The monoisotopic (exact) mass is 1010 g/mol. The van der Waals surface area contributed by atoms with E-state index < -0.39 is 6.10 Å². The van der Waals surface area contributed by atoms with Crippen molar-refractivity contribution in [2.45, 2.75) is 367 Å². The third-order valence-corrected chi connectivity index (χ3v) is 14.7. The molecule has 0 rings (SSSR count). The third kappa shape index (κ3) is 58.8. The molecule has 0 saturated heterocycles. The predicted octanol–water partition coefficient (Wildman–Crippen LogP) is 21.8. The lowest BCUT2D eigenvalue weighted by molar-refractivity contribution is -0.167. The molecule has 1 atom stereocenters. The lowest BCUT2D eigenvalue weighted by Crippen LogP contribution is -2.30. The minimum atomic E-state index is -0.776. The minimum Gasteiger partial charge on any atom is -0.462 e. The molecular formula is C66H124O6. The molecule has 0 aromatic heterocycles. The summed E-state index contributed by atoms with van der Waals surface area (Å²) in [7, 11) is 0. The predicted molar refractivity (Wildman–Crippen MR) is 312 cm³/mol. The zero-order chi connectivity index (χ0) is 52.2. The number of hydrogen-bond acceptors (Lipinski definition) is 6. The van der Waals surface area contributed by atoms with Crippen molar-refractivity contribution in [1.82, 2.24) is 0 Å². The Balaban J connectivity index is 4.33. The first-order valence-corrected chi connectivity index (χ1v) is 32.4. The van der Waals surface area contributed by atoms with Crippen LogP contribution in [0.3, 0.4) is 0 Å². The topological polar surface area (TPSA) is 78.9 Å². The normalized spacial score (nSPS) is 12.1. The van der Waals surface area contributed by atoms with Crippen LogP contribution in [0.15, 0.2) is 24.3 Å². The van der Waals surface area contributed by atoms with Gasteiger partial charge >= 0.3 is 17.9 Å². The molecule has 0 heterocycles. The van der Waals surface area contributed by atoms with Crippen LogP contribution in [-0.4, -0.2) is 37.2 Å². The van der Waals surface area contributed by atoms with Crippen LogP contribution in [0, 0.1) is 0 Å². The van der Waals surface area contributed by atoms with Crippen molar-refractivity contribution in [3.05, 3.63) is 24.3 Å². The van der Waals surface area contributed by atoms with Crippen LogP contribution in [-0.2, 0) is 28.6 Å². The van der Waals surface area contributed by atoms with Gasteiger partial charge < -0.3 is 14.2 Å². The van der Waals surface area contributed by atoms with Gasteiger partial charge in [-0.25, -0.2) is 0 Å². The molecule has 0 aromatic rings. The maximum atomic E-state index is 12.9. The molecule has 0 saturated carbocycles. The van der Waals surface area contributed by atoms with Gasteiger partial charge in [0.1, 0.15) is 13.2 Å². The molecular weight excluding hydrogens is 889 g/mol. The van der Waals surface area contributed by atoms with Gasteiger partial charge in [-0.1, -0.05) is 321 Å². The van der Waals surface area contributed by atoms with Gasteiger partial charge in [0.25, 0.3) is 0 Å². The average Bonchev–Trinajstić information content (AvgIpc) is 3.38. The first kappa shape index (κ1) is 69.9. The van der Waals surface area contributed by atoms with E-state index >= 15 is 0 Å². The van der Waals surface area contributed by atoms with Crippen molar-refractivity contribution >= 4 is 17.9 Å². The minimum absolute atomic E-state index is 0.0715. The largest absolute Gasteiger partial charge is 0.462 e. The van der Waals surface area contributed by atoms with E-state index in [1.54, 1.807) is 0 Å². The van der Waals surface area contributed by atoms with Crippen LogP contribution in [0.4, 0.5) is 0 Å². The molecule has 1 unspecified atom stereocenters. The molecule has 6 nitrogen and oxygen atoms in total. The summed E-state index contributed by atoms with van der Waals surface area (Å²) >= 11 is 0. The van der Waals surface area contributed by atoms with Crippen LogP contribution in [0.25, 0.3) is 0 Å². The Kier molecular flexibility index (Phi) is 59.6. The fourth-order valence-electron chi connectivity index (χ4n) is 9.85. The molecule has 0 bridgehead atoms. The number of hydrogen-bond donors (Lipinski definition) is 0. The Hall–Kier alpha value is -2.11. The number of rotatable bonds is 60. The second kappa shape index (κ2) is 61.4. The van der Waals surface area contributed by atoms with E-state index in [-0.39, 0.29) is 31.1 Å². The van der Waals surface area contributed by atoms with Crippen LogP contribution in [0.5, 0.6) is 0 Å². The number of ether oxygens (including phenoxy) is 3. The van der Waals surface area contributed by atoms with Crippen LogP contribution >= 0.6 is 0 Å². The Bertz CT molecular complexity index is 1160. The molecule has 0 aliphatic carbocycles. The maximum absolute atomic E-state index is 12.9. The summed E-state index contributed by atoms with van der Waals surface area (Å²) < 4.78 is 16.9. The van der Waals surface area contributed by atoms with Crippen LogP contribution < -0.4 is 0 Å². The molecule has 72 heavy (non-hydrogen) atoms. The first-order chi connectivity index (χ1) is 35.5. The van der Waals surface area contributed by atoms with Gasteiger partial charge in [-0.2, -0.15) is 0 Å². The standard InChI is InChI=1S/C66H124O6/c1-4-7-10-13-16-19-22-25-28-31-33-36-38-41-44-47-50-53-56-59-65(68)71-62-63(61-70-64(67)58-55-52-49-46-43-40-37-34-30-27-24-21-18-15-12-9-6-3)72-66(69)60-57-54-51-48-45-42-39-35-32-29-26-23-20-17-14-11-8-5-2/h29,32,35,39,63H,4-28,30-31,33-34,36-38,40-62H2,1-3H3/b32-29-,39-35-. The smallest absolute Gasteiger partial charge is 0.306 e. The van der Waals surface area contributed by atoms with Crippen molar-refractivity contribution in [2.75, 3.05) is 13.2 Å². The van der Waals surface area contributed by atoms with E-state index in [0.717, 1.165) is 77.0 Å². The average molecular weight is 1010 g/mol. The number of carbonyl (C=O) groups is 3. The molecule has 0 fully saturated rings. The Morgan fingerprint density at radius 2 is 0.486 bits per heavy atom. The van der Waals surface area contributed by atoms with Gasteiger partial charge in [-0.15, -0.1) is 0 Å². The van der Waals surface area contributed by atoms with Crippen LogP contribution in [0.2, 0.25) is 0 Å². The first-order valence-electron chi connectivity index (χ1n) is 32.4. The molecule has 0 aromatic carbocycles. The summed E-state index contributed by atoms with van der Waals surface area (Å²) in [4.78, 5) is 38.3. The summed E-state index contributed by atoms with van der Waals surface area (Å²) in [5, 5.41) is 0. The summed E-state index contributed by atoms with van der Waals surface area (Å²) in [6.45, 7) is 6.70. The van der Waals surface area contributed by atoms with E-state index in [9.17, 15) is 14.4 Å². The second-order valence-corrected chi connectivity index (χ2v) is 22.1. The number of unbranched alkanes of at least 4 members (excludes halogenated alkanes) is 46. The van der Waals surface area contributed by atoms with Crippen LogP contribution in [0.1, 0.15) is 361 Å². The Morgan fingerprint density at radius 3 is 0.736 bits per heavy atom. The van der Waals surface area contributed by atoms with Gasteiger partial charge in [-0.05, 0) is 44.9 Å². The van der Waals surface area contributed by atoms with E-state index in [1.807, 2.05) is 0 Å². The Labute approximate surface area is 449 Å². The fraction of sp³-hybridized carbons (Fsp3) is 0.894. The molecule has 0 radical (unpaired) electrons. The second-order valence-electron chi connectivity index (χ2n) is 22.1. The number of carbonyl (C=O) groups excluding carboxylic acids is 3. The lowest BCUT2D eigenvalue weighted by Gasteiger charge is -2.18. The molecule has 0 spiro atoms. The van der Waals surface area contributed by atoms with Gasteiger partial charge in [0, 0.05) is 19.3 Å². The molecule has 0 aliphatic rings. The highest BCUT2D eigenvalue weighted by Crippen LogP contribution is 2.18. The van der Waals surface area contributed by atoms with Crippen molar-refractivity contribution in [2.24, 2.45) is 0 Å². The summed E-state index contributed by atoms with van der Waals surface area (Å²) in [6.07, 6.45) is 73.2. The van der Waals surface area contributed by atoms with Crippen molar-refractivity contribution in [3.8, 4) is 0 Å². The van der Waals surface area contributed by atoms with Gasteiger partial charge in [0.15, 0.2) is 6.10 Å². The maximum Gasteiger partial charge on any atom is 0.306 e. The summed E-state index contributed by atoms with van der Waals surface area (Å²) in [6, 6.07) is 0.